The highest BCUT2D eigenvalue weighted by Gasteiger charge is 2.23. The summed E-state index contributed by atoms with van der Waals surface area (Å²) >= 11 is 0. The SMILES string of the molecule is COc1cc2c(C3=c4ccccc4=NC3=O)ncnc2cc1OCCCN1CCOCC1. The van der Waals surface area contributed by atoms with E-state index in [9.17, 15) is 4.79 Å². The lowest BCUT2D eigenvalue weighted by atomic mass is 10.0. The molecule has 3 heterocycles. The predicted molar refractivity (Wildman–Crippen MR) is 118 cm³/mol. The molecule has 1 saturated heterocycles. The molecule has 0 atom stereocenters. The van der Waals surface area contributed by atoms with Crippen molar-refractivity contribution in [1.82, 2.24) is 14.9 Å². The molecule has 1 fully saturated rings. The highest BCUT2D eigenvalue weighted by atomic mass is 16.5. The second kappa shape index (κ2) is 9.02. The molecule has 8 nitrogen and oxygen atoms in total. The number of aromatic nitrogens is 2. The van der Waals surface area contributed by atoms with E-state index in [0.29, 0.717) is 40.2 Å². The monoisotopic (exact) mass is 432 g/mol. The standard InChI is InChI=1S/C24H24N4O4/c1-30-20-13-17-19(14-21(20)32-10-4-7-28-8-11-31-12-9-28)25-15-26-23(17)22-16-5-2-3-6-18(16)27-24(22)29/h2-3,5-6,13-15H,4,7-12H2,1H3. The number of para-hydroxylation sites is 1. The van der Waals surface area contributed by atoms with Gasteiger partial charge in [0.05, 0.1) is 49.1 Å². The summed E-state index contributed by atoms with van der Waals surface area (Å²) in [7, 11) is 1.60. The maximum Gasteiger partial charge on any atom is 0.280 e. The van der Waals surface area contributed by atoms with Crippen LogP contribution in [0.5, 0.6) is 11.5 Å². The fraction of sp³-hybridized carbons (Fsp3) is 0.333. The van der Waals surface area contributed by atoms with Gasteiger partial charge in [-0.1, -0.05) is 18.2 Å². The molecular formula is C24H24N4O4. The lowest BCUT2D eigenvalue weighted by Gasteiger charge is -2.26. The van der Waals surface area contributed by atoms with Gasteiger partial charge in [0.1, 0.15) is 6.33 Å². The molecule has 0 aliphatic carbocycles. The summed E-state index contributed by atoms with van der Waals surface area (Å²) in [6.45, 7) is 5.05. The zero-order chi connectivity index (χ0) is 21.9. The number of hydrogen-bond acceptors (Lipinski definition) is 7. The molecule has 1 amide bonds. The van der Waals surface area contributed by atoms with E-state index in [1.165, 1.54) is 6.33 Å². The Morgan fingerprint density at radius 1 is 1.09 bits per heavy atom. The Bertz CT molecular complexity index is 1280. The Labute approximate surface area is 185 Å². The minimum absolute atomic E-state index is 0.298. The molecule has 0 saturated carbocycles. The predicted octanol–water partition coefficient (Wildman–Crippen LogP) is 1.10. The van der Waals surface area contributed by atoms with Gasteiger partial charge in [-0.3, -0.25) is 9.69 Å². The minimum Gasteiger partial charge on any atom is -0.493 e. The van der Waals surface area contributed by atoms with Crippen LogP contribution in [0.1, 0.15) is 12.1 Å². The highest BCUT2D eigenvalue weighted by molar-refractivity contribution is 6.23. The van der Waals surface area contributed by atoms with Crippen molar-refractivity contribution in [2.24, 2.45) is 4.99 Å². The fourth-order valence-electron chi connectivity index (χ4n) is 4.12. The number of amides is 1. The molecule has 0 unspecified atom stereocenters. The molecular weight excluding hydrogens is 408 g/mol. The van der Waals surface area contributed by atoms with Gasteiger partial charge in [-0.05, 0) is 18.6 Å². The van der Waals surface area contributed by atoms with Crippen molar-refractivity contribution >= 4 is 22.4 Å². The summed E-state index contributed by atoms with van der Waals surface area (Å²) < 4.78 is 17.0. The van der Waals surface area contributed by atoms with Crippen molar-refractivity contribution in [3.05, 3.63) is 59.0 Å². The summed E-state index contributed by atoms with van der Waals surface area (Å²) in [4.78, 5) is 28.0. The number of nitrogens with zero attached hydrogens (tertiary/aromatic N) is 4. The third-order valence-corrected chi connectivity index (χ3v) is 5.75. The summed E-state index contributed by atoms with van der Waals surface area (Å²) in [5, 5.41) is 2.16. The van der Waals surface area contributed by atoms with Gasteiger partial charge in [0.25, 0.3) is 5.91 Å². The first kappa shape index (κ1) is 20.5. The number of rotatable bonds is 7. The molecule has 2 aromatic carbocycles. The Morgan fingerprint density at radius 3 is 2.78 bits per heavy atom. The van der Waals surface area contributed by atoms with Crippen molar-refractivity contribution in [3.63, 3.8) is 0 Å². The number of morpholine rings is 1. The molecule has 2 aliphatic heterocycles. The second-order valence-corrected chi connectivity index (χ2v) is 7.71. The average molecular weight is 432 g/mol. The number of fused-ring (bicyclic) bond motifs is 2. The smallest absolute Gasteiger partial charge is 0.280 e. The molecule has 0 spiro atoms. The first-order chi connectivity index (χ1) is 15.7. The topological polar surface area (TPSA) is 86.1 Å². The van der Waals surface area contributed by atoms with Crippen LogP contribution in [0.3, 0.4) is 0 Å². The number of carbonyl (C=O) groups is 1. The number of benzene rings is 2. The largest absolute Gasteiger partial charge is 0.493 e. The van der Waals surface area contributed by atoms with Crippen molar-refractivity contribution in [2.75, 3.05) is 46.6 Å². The van der Waals surface area contributed by atoms with E-state index in [-0.39, 0.29) is 5.91 Å². The molecule has 32 heavy (non-hydrogen) atoms. The van der Waals surface area contributed by atoms with Gasteiger partial charge in [-0.2, -0.15) is 0 Å². The van der Waals surface area contributed by atoms with Crippen LogP contribution >= 0.6 is 0 Å². The van der Waals surface area contributed by atoms with Crippen LogP contribution < -0.4 is 20.0 Å². The molecule has 3 aromatic rings. The summed E-state index contributed by atoms with van der Waals surface area (Å²) in [6, 6.07) is 11.1. The van der Waals surface area contributed by atoms with Crippen molar-refractivity contribution in [3.8, 4) is 11.5 Å². The van der Waals surface area contributed by atoms with E-state index >= 15 is 0 Å². The normalized spacial score (nSPS) is 16.2. The average Bonchev–Trinajstić information content (AvgIpc) is 3.17. The third kappa shape index (κ3) is 3.94. The maximum atomic E-state index is 12.7. The third-order valence-electron chi connectivity index (χ3n) is 5.75. The van der Waals surface area contributed by atoms with E-state index < -0.39 is 0 Å². The molecule has 1 aromatic heterocycles. The highest BCUT2D eigenvalue weighted by Crippen LogP contribution is 2.34. The lowest BCUT2D eigenvalue weighted by molar-refractivity contribution is -0.112. The number of methoxy groups -OCH3 is 1. The van der Waals surface area contributed by atoms with Crippen molar-refractivity contribution < 1.29 is 19.0 Å². The zero-order valence-corrected chi connectivity index (χ0v) is 17.9. The second-order valence-electron chi connectivity index (χ2n) is 7.71. The summed E-state index contributed by atoms with van der Waals surface area (Å²) in [5.74, 6) is 0.907. The van der Waals surface area contributed by atoms with Gasteiger partial charge in [-0.15, -0.1) is 0 Å². The van der Waals surface area contributed by atoms with E-state index in [1.54, 1.807) is 7.11 Å². The van der Waals surface area contributed by atoms with Crippen molar-refractivity contribution in [1.29, 1.82) is 0 Å². The quantitative estimate of drug-likeness (QED) is 0.517. The van der Waals surface area contributed by atoms with Crippen LogP contribution in [0.4, 0.5) is 0 Å². The molecule has 8 heteroatoms. The van der Waals surface area contributed by atoms with Crippen LogP contribution in [0.25, 0.3) is 16.5 Å². The van der Waals surface area contributed by atoms with Gasteiger partial charge in [0, 0.05) is 36.3 Å². The lowest BCUT2D eigenvalue weighted by Crippen LogP contribution is -2.37. The minimum atomic E-state index is -0.298. The maximum absolute atomic E-state index is 12.7. The Balaban J connectivity index is 1.43. The fourth-order valence-corrected chi connectivity index (χ4v) is 4.12. The number of carbonyl (C=O) groups excluding carboxylic acids is 1. The van der Waals surface area contributed by atoms with E-state index in [1.807, 2.05) is 36.4 Å². The molecule has 0 bridgehead atoms. The van der Waals surface area contributed by atoms with Crippen molar-refractivity contribution in [2.45, 2.75) is 6.42 Å². The summed E-state index contributed by atoms with van der Waals surface area (Å²) in [6.07, 6.45) is 2.37. The Morgan fingerprint density at radius 2 is 1.94 bits per heavy atom. The summed E-state index contributed by atoms with van der Waals surface area (Å²) in [5.41, 5.74) is 1.71. The van der Waals surface area contributed by atoms with Gasteiger partial charge in [-0.25, -0.2) is 15.0 Å². The molecule has 164 valence electrons. The van der Waals surface area contributed by atoms with E-state index in [0.717, 1.165) is 49.9 Å². The van der Waals surface area contributed by atoms with Crippen LogP contribution in [-0.2, 0) is 9.53 Å². The molecule has 2 aliphatic rings. The van der Waals surface area contributed by atoms with Gasteiger partial charge in [0.15, 0.2) is 11.5 Å². The molecule has 5 rings (SSSR count). The van der Waals surface area contributed by atoms with Crippen LogP contribution in [-0.4, -0.2) is 67.3 Å². The molecule has 0 radical (unpaired) electrons. The molecule has 0 N–H and O–H groups in total. The Kier molecular flexibility index (Phi) is 5.79. The van der Waals surface area contributed by atoms with Gasteiger partial charge < -0.3 is 14.2 Å². The number of hydrogen-bond donors (Lipinski definition) is 0. The van der Waals surface area contributed by atoms with Crippen LogP contribution in [0, 0.1) is 0 Å². The Hall–Kier alpha value is -3.36. The first-order valence-corrected chi connectivity index (χ1v) is 10.7. The number of ether oxygens (including phenoxy) is 3. The van der Waals surface area contributed by atoms with E-state index in [4.69, 9.17) is 14.2 Å². The van der Waals surface area contributed by atoms with E-state index in [2.05, 4.69) is 19.9 Å². The van der Waals surface area contributed by atoms with Gasteiger partial charge in [0.2, 0.25) is 0 Å². The zero-order valence-electron chi connectivity index (χ0n) is 17.9. The first-order valence-electron chi connectivity index (χ1n) is 10.7. The van der Waals surface area contributed by atoms with Crippen LogP contribution in [0.2, 0.25) is 0 Å². The van der Waals surface area contributed by atoms with Gasteiger partial charge >= 0.3 is 0 Å². The van der Waals surface area contributed by atoms with Crippen LogP contribution in [0.15, 0.2) is 47.7 Å².